The molecule has 0 spiro atoms. The van der Waals surface area contributed by atoms with Crippen molar-refractivity contribution in [1.82, 2.24) is 9.80 Å². The van der Waals surface area contributed by atoms with Gasteiger partial charge in [0.25, 0.3) is 11.8 Å². The molecule has 0 radical (unpaired) electrons. The standard InChI is InChI=1S/C17H23N2O3P/c1-2-22-23-12-10-18(11-13-23)8-5-9-19-16(20)14-6-3-4-7-15(14)17(19)21/h3-4,6-7H,2,5,8-13H2,1H3. The van der Waals surface area contributed by atoms with Gasteiger partial charge in [0, 0.05) is 46.7 Å². The first-order valence-electron chi connectivity index (χ1n) is 8.26. The predicted octanol–water partition coefficient (Wildman–Crippen LogP) is 2.42. The first-order chi connectivity index (χ1) is 11.2. The molecule has 1 aromatic rings. The summed E-state index contributed by atoms with van der Waals surface area (Å²) in [5.41, 5.74) is 1.08. The second-order valence-electron chi connectivity index (χ2n) is 5.85. The molecule has 2 aliphatic heterocycles. The topological polar surface area (TPSA) is 49.9 Å². The van der Waals surface area contributed by atoms with Gasteiger partial charge in [0.1, 0.15) is 0 Å². The van der Waals surface area contributed by atoms with Crippen LogP contribution >= 0.6 is 8.15 Å². The first-order valence-corrected chi connectivity index (χ1v) is 9.89. The summed E-state index contributed by atoms with van der Waals surface area (Å²) in [6, 6.07) is 7.07. The van der Waals surface area contributed by atoms with Crippen molar-refractivity contribution >= 4 is 20.0 Å². The van der Waals surface area contributed by atoms with Crippen molar-refractivity contribution in [2.75, 3.05) is 45.1 Å². The monoisotopic (exact) mass is 334 g/mol. The molecule has 23 heavy (non-hydrogen) atoms. The van der Waals surface area contributed by atoms with E-state index in [9.17, 15) is 9.59 Å². The average Bonchev–Trinajstić information content (AvgIpc) is 2.82. The number of amides is 2. The second kappa shape index (κ2) is 7.52. The summed E-state index contributed by atoms with van der Waals surface area (Å²) in [7, 11) is -0.228. The van der Waals surface area contributed by atoms with Gasteiger partial charge in [-0.3, -0.25) is 14.5 Å². The van der Waals surface area contributed by atoms with E-state index in [1.54, 1.807) is 24.3 Å². The Hall–Kier alpha value is -1.29. The summed E-state index contributed by atoms with van der Waals surface area (Å²) in [5, 5.41) is 0. The molecule has 2 heterocycles. The van der Waals surface area contributed by atoms with Gasteiger partial charge in [-0.15, -0.1) is 0 Å². The lowest BCUT2D eigenvalue weighted by atomic mass is 10.1. The van der Waals surface area contributed by atoms with E-state index in [0.717, 1.165) is 45.0 Å². The Morgan fingerprint density at radius 1 is 1.04 bits per heavy atom. The van der Waals surface area contributed by atoms with E-state index in [0.29, 0.717) is 17.7 Å². The molecule has 1 fully saturated rings. The molecule has 1 aromatic carbocycles. The fraction of sp³-hybridized carbons (Fsp3) is 0.529. The first kappa shape index (κ1) is 16.6. The largest absolute Gasteiger partial charge is 0.359 e. The van der Waals surface area contributed by atoms with Crippen molar-refractivity contribution < 1.29 is 14.1 Å². The number of carbonyl (C=O) groups is 2. The van der Waals surface area contributed by atoms with E-state index in [2.05, 4.69) is 11.8 Å². The molecule has 0 atom stereocenters. The highest BCUT2D eigenvalue weighted by Crippen LogP contribution is 2.38. The maximum Gasteiger partial charge on any atom is 0.261 e. The van der Waals surface area contributed by atoms with E-state index in [1.165, 1.54) is 4.90 Å². The summed E-state index contributed by atoms with van der Waals surface area (Å²) in [6.07, 6.45) is 3.10. The minimum absolute atomic E-state index is 0.149. The molecule has 0 saturated carbocycles. The zero-order valence-electron chi connectivity index (χ0n) is 13.5. The quantitative estimate of drug-likeness (QED) is 0.592. The van der Waals surface area contributed by atoms with Crippen LogP contribution in [0.1, 0.15) is 34.1 Å². The Morgan fingerprint density at radius 2 is 1.65 bits per heavy atom. The maximum atomic E-state index is 12.3. The third-order valence-electron chi connectivity index (χ3n) is 4.38. The van der Waals surface area contributed by atoms with Gasteiger partial charge in [-0.25, -0.2) is 0 Å². The second-order valence-corrected chi connectivity index (χ2v) is 7.97. The minimum Gasteiger partial charge on any atom is -0.359 e. The molecule has 0 N–H and O–H groups in total. The van der Waals surface area contributed by atoms with Crippen molar-refractivity contribution in [1.29, 1.82) is 0 Å². The predicted molar refractivity (Wildman–Crippen MR) is 91.1 cm³/mol. The average molecular weight is 334 g/mol. The van der Waals surface area contributed by atoms with Crippen molar-refractivity contribution in [3.8, 4) is 0 Å². The van der Waals surface area contributed by atoms with Gasteiger partial charge in [0.2, 0.25) is 0 Å². The molecular formula is C17H23N2O3P. The highest BCUT2D eigenvalue weighted by molar-refractivity contribution is 7.52. The Labute approximate surface area is 138 Å². The lowest BCUT2D eigenvalue weighted by Gasteiger charge is -2.31. The summed E-state index contributed by atoms with van der Waals surface area (Å²) in [4.78, 5) is 28.4. The smallest absolute Gasteiger partial charge is 0.261 e. The molecule has 2 aliphatic rings. The third-order valence-corrected chi connectivity index (χ3v) is 6.40. The molecule has 124 valence electrons. The van der Waals surface area contributed by atoms with Gasteiger partial charge in [0.15, 0.2) is 0 Å². The number of fused-ring (bicyclic) bond motifs is 1. The highest BCUT2D eigenvalue weighted by Gasteiger charge is 2.34. The fourth-order valence-corrected chi connectivity index (χ4v) is 5.02. The number of carbonyl (C=O) groups excluding carboxylic acids is 2. The van der Waals surface area contributed by atoms with E-state index in [-0.39, 0.29) is 20.0 Å². The van der Waals surface area contributed by atoms with Crippen LogP contribution in [0.2, 0.25) is 0 Å². The number of imide groups is 1. The molecule has 5 nitrogen and oxygen atoms in total. The van der Waals surface area contributed by atoms with Gasteiger partial charge in [0.05, 0.1) is 11.1 Å². The Bertz CT molecular complexity index is 550. The lowest BCUT2D eigenvalue weighted by molar-refractivity contribution is 0.0648. The van der Waals surface area contributed by atoms with Crippen LogP contribution in [0.4, 0.5) is 0 Å². The van der Waals surface area contributed by atoms with E-state index in [1.807, 2.05) is 0 Å². The Balaban J connectivity index is 1.46. The van der Waals surface area contributed by atoms with Crippen molar-refractivity contribution in [3.63, 3.8) is 0 Å². The molecule has 0 aliphatic carbocycles. The number of benzene rings is 1. The van der Waals surface area contributed by atoms with Gasteiger partial charge in [-0.2, -0.15) is 0 Å². The molecule has 0 bridgehead atoms. The molecule has 6 heteroatoms. The van der Waals surface area contributed by atoms with Crippen LogP contribution in [0.25, 0.3) is 0 Å². The number of hydrogen-bond acceptors (Lipinski definition) is 4. The zero-order valence-corrected chi connectivity index (χ0v) is 14.4. The molecule has 1 saturated heterocycles. The summed E-state index contributed by atoms with van der Waals surface area (Å²) >= 11 is 0. The number of rotatable bonds is 6. The minimum atomic E-state index is -0.228. The van der Waals surface area contributed by atoms with Gasteiger partial charge < -0.3 is 9.42 Å². The normalized spacial score (nSPS) is 19.4. The van der Waals surface area contributed by atoms with Crippen molar-refractivity contribution in [2.45, 2.75) is 13.3 Å². The van der Waals surface area contributed by atoms with E-state index >= 15 is 0 Å². The molecule has 3 rings (SSSR count). The number of nitrogens with zero attached hydrogens (tertiary/aromatic N) is 2. The Morgan fingerprint density at radius 3 is 2.22 bits per heavy atom. The zero-order chi connectivity index (χ0) is 16.2. The summed E-state index contributed by atoms with van der Waals surface area (Å²) in [6.45, 7) is 6.43. The van der Waals surface area contributed by atoms with Gasteiger partial charge in [-0.1, -0.05) is 12.1 Å². The van der Waals surface area contributed by atoms with Crippen LogP contribution < -0.4 is 0 Å². The van der Waals surface area contributed by atoms with Crippen LogP contribution in [0, 0.1) is 0 Å². The third kappa shape index (κ3) is 3.63. The van der Waals surface area contributed by atoms with Crippen LogP contribution in [-0.4, -0.2) is 66.7 Å². The summed E-state index contributed by atoms with van der Waals surface area (Å²) < 4.78 is 5.72. The Kier molecular flexibility index (Phi) is 5.42. The lowest BCUT2D eigenvalue weighted by Crippen LogP contribution is -2.37. The van der Waals surface area contributed by atoms with Crippen LogP contribution in [0.15, 0.2) is 24.3 Å². The van der Waals surface area contributed by atoms with Crippen LogP contribution in [-0.2, 0) is 4.52 Å². The highest BCUT2D eigenvalue weighted by atomic mass is 31.1. The summed E-state index contributed by atoms with van der Waals surface area (Å²) in [5.74, 6) is -0.298. The van der Waals surface area contributed by atoms with Gasteiger partial charge in [-0.05, 0) is 32.0 Å². The van der Waals surface area contributed by atoms with Crippen molar-refractivity contribution in [2.24, 2.45) is 0 Å². The maximum absolute atomic E-state index is 12.3. The number of hydrogen-bond donors (Lipinski definition) is 0. The van der Waals surface area contributed by atoms with Crippen LogP contribution in [0.5, 0.6) is 0 Å². The fourth-order valence-electron chi connectivity index (χ4n) is 3.16. The van der Waals surface area contributed by atoms with Crippen molar-refractivity contribution in [3.05, 3.63) is 35.4 Å². The van der Waals surface area contributed by atoms with Crippen LogP contribution in [0.3, 0.4) is 0 Å². The SMILES string of the molecule is CCOP1CCN(CCCN2C(=O)c3ccccc3C2=O)CC1. The van der Waals surface area contributed by atoms with Gasteiger partial charge >= 0.3 is 0 Å². The molecule has 0 unspecified atom stereocenters. The molecular weight excluding hydrogens is 311 g/mol. The van der Waals surface area contributed by atoms with E-state index < -0.39 is 0 Å². The van der Waals surface area contributed by atoms with E-state index in [4.69, 9.17) is 4.52 Å². The molecule has 2 amide bonds. The molecule has 0 aromatic heterocycles.